The highest BCUT2D eigenvalue weighted by atomic mass is 19.1. The highest BCUT2D eigenvalue weighted by Gasteiger charge is 2.24. The van der Waals surface area contributed by atoms with Crippen LogP contribution in [0.2, 0.25) is 0 Å². The first-order valence-electron chi connectivity index (χ1n) is 10.1. The fourth-order valence-corrected chi connectivity index (χ4v) is 3.55. The molecule has 0 saturated heterocycles. The Morgan fingerprint density at radius 3 is 2.26 bits per heavy atom. The molecule has 0 aliphatic carbocycles. The lowest BCUT2D eigenvalue weighted by atomic mass is 10.1. The molecule has 0 radical (unpaired) electrons. The van der Waals surface area contributed by atoms with E-state index in [9.17, 15) is 18.8 Å². The molecule has 1 aromatic heterocycles. The first-order chi connectivity index (χ1) is 14.8. The van der Waals surface area contributed by atoms with Crippen molar-refractivity contribution in [3.8, 4) is 0 Å². The van der Waals surface area contributed by atoms with Gasteiger partial charge in [0.25, 0.3) is 5.56 Å². The van der Waals surface area contributed by atoms with Crippen molar-refractivity contribution < 1.29 is 14.1 Å². The van der Waals surface area contributed by atoms with Gasteiger partial charge in [0, 0.05) is 12.1 Å². The van der Waals surface area contributed by atoms with Crippen molar-refractivity contribution >= 4 is 11.6 Å². The van der Waals surface area contributed by atoms with Crippen LogP contribution in [-0.4, -0.2) is 28.5 Å². The number of carbonyl (C=O) groups excluding carboxylic acids is 1. The van der Waals surface area contributed by atoms with Crippen LogP contribution in [0.15, 0.2) is 64.2 Å². The Balaban J connectivity index is 1.92. The molecule has 0 amide bonds. The van der Waals surface area contributed by atoms with Gasteiger partial charge in [0.05, 0.1) is 13.6 Å². The molecule has 1 heterocycles. The van der Waals surface area contributed by atoms with Crippen molar-refractivity contribution in [2.24, 2.45) is 0 Å². The number of ketones is 1. The lowest BCUT2D eigenvalue weighted by molar-refractivity contribution is -0.884. The van der Waals surface area contributed by atoms with Crippen LogP contribution < -0.4 is 21.9 Å². The molecule has 0 bridgehead atoms. The number of nitrogens with zero attached hydrogens (tertiary/aromatic N) is 2. The summed E-state index contributed by atoms with van der Waals surface area (Å²) in [5, 5.41) is 0. The molecule has 3 aromatic rings. The summed E-state index contributed by atoms with van der Waals surface area (Å²) < 4.78 is 15.4. The molecule has 0 saturated carbocycles. The molecule has 162 valence electrons. The molecule has 31 heavy (non-hydrogen) atoms. The van der Waals surface area contributed by atoms with Gasteiger partial charge >= 0.3 is 5.69 Å². The zero-order valence-corrected chi connectivity index (χ0v) is 17.6. The van der Waals surface area contributed by atoms with Gasteiger partial charge in [-0.05, 0) is 24.6 Å². The zero-order chi connectivity index (χ0) is 22.5. The van der Waals surface area contributed by atoms with Gasteiger partial charge in [-0.25, -0.2) is 9.18 Å². The lowest BCUT2D eigenvalue weighted by Gasteiger charge is -2.17. The van der Waals surface area contributed by atoms with E-state index in [0.29, 0.717) is 6.54 Å². The molecule has 8 heteroatoms. The number of benzene rings is 2. The number of nitrogen functional groups attached to an aromatic ring is 1. The number of nitrogens with two attached hydrogens (primary N) is 1. The monoisotopic (exact) mass is 425 g/mol. The van der Waals surface area contributed by atoms with Crippen LogP contribution in [0.1, 0.15) is 28.4 Å². The maximum absolute atomic E-state index is 13.1. The molecule has 0 aliphatic heterocycles. The van der Waals surface area contributed by atoms with E-state index in [1.807, 2.05) is 30.3 Å². The average Bonchev–Trinajstić information content (AvgIpc) is 2.74. The number of nitrogens with one attached hydrogen (secondary N) is 1. The molecule has 3 rings (SSSR count). The number of Topliss-reactive ketones (excluding diaryl/α,β-unsaturated/α-hetero) is 1. The Bertz CT molecular complexity index is 1180. The zero-order valence-electron chi connectivity index (χ0n) is 17.6. The number of halogens is 1. The Hall–Kier alpha value is -3.52. The van der Waals surface area contributed by atoms with Crippen LogP contribution in [0.25, 0.3) is 0 Å². The summed E-state index contributed by atoms with van der Waals surface area (Å²) in [6.45, 7) is 2.43. The van der Waals surface area contributed by atoms with E-state index < -0.39 is 17.0 Å². The van der Waals surface area contributed by atoms with Crippen LogP contribution in [0.5, 0.6) is 0 Å². The van der Waals surface area contributed by atoms with Gasteiger partial charge < -0.3 is 10.6 Å². The topological polar surface area (TPSA) is 91.5 Å². The second-order valence-corrected chi connectivity index (χ2v) is 7.52. The van der Waals surface area contributed by atoms with Crippen molar-refractivity contribution in [3.05, 3.63) is 97.9 Å². The fraction of sp³-hybridized carbons (Fsp3) is 0.261. The predicted octanol–water partition coefficient (Wildman–Crippen LogP) is 0.697. The summed E-state index contributed by atoms with van der Waals surface area (Å²) in [6, 6.07) is 15.3. The Kier molecular flexibility index (Phi) is 6.81. The van der Waals surface area contributed by atoms with Crippen LogP contribution in [0.4, 0.5) is 10.2 Å². The van der Waals surface area contributed by atoms with E-state index in [-0.39, 0.29) is 36.8 Å². The fourth-order valence-electron chi connectivity index (χ4n) is 3.55. The minimum atomic E-state index is -0.672. The Morgan fingerprint density at radius 2 is 1.65 bits per heavy atom. The van der Waals surface area contributed by atoms with E-state index in [0.717, 1.165) is 20.6 Å². The molecular weight excluding hydrogens is 399 g/mol. The van der Waals surface area contributed by atoms with Gasteiger partial charge in [-0.2, -0.15) is 0 Å². The van der Waals surface area contributed by atoms with E-state index in [1.165, 1.54) is 16.7 Å². The minimum absolute atomic E-state index is 0.00404. The number of rotatable bonds is 8. The molecule has 3 N–H and O–H groups in total. The van der Waals surface area contributed by atoms with Crippen LogP contribution in [0.3, 0.4) is 0 Å². The number of aromatic nitrogens is 2. The van der Waals surface area contributed by atoms with Gasteiger partial charge in [0.2, 0.25) is 5.78 Å². The Labute approximate surface area is 179 Å². The van der Waals surface area contributed by atoms with Gasteiger partial charge in [0.1, 0.15) is 30.3 Å². The van der Waals surface area contributed by atoms with Crippen LogP contribution in [-0.2, 0) is 19.6 Å². The van der Waals surface area contributed by atoms with Gasteiger partial charge in [0.15, 0.2) is 0 Å². The molecule has 1 atom stereocenters. The van der Waals surface area contributed by atoms with Gasteiger partial charge in [-0.15, -0.1) is 0 Å². The summed E-state index contributed by atoms with van der Waals surface area (Å²) in [7, 11) is 1.80. The molecule has 1 unspecified atom stereocenters. The molecule has 7 nitrogen and oxygen atoms in total. The molecule has 0 fully saturated rings. The second kappa shape index (κ2) is 9.53. The maximum atomic E-state index is 13.1. The number of quaternary nitrogens is 1. The van der Waals surface area contributed by atoms with Gasteiger partial charge in [-0.1, -0.05) is 42.5 Å². The number of hydrogen-bond donors (Lipinski definition) is 2. The number of anilines is 1. The largest absolute Gasteiger partial charge is 0.384 e. The molecule has 2 aromatic carbocycles. The molecular formula is C23H26FN4O3+. The maximum Gasteiger partial charge on any atom is 0.332 e. The van der Waals surface area contributed by atoms with Crippen molar-refractivity contribution in [1.29, 1.82) is 0 Å². The summed E-state index contributed by atoms with van der Waals surface area (Å²) in [6.07, 6.45) is 0. The van der Waals surface area contributed by atoms with Crippen LogP contribution >= 0.6 is 0 Å². The number of carbonyl (C=O) groups is 1. The standard InChI is InChI=1S/C23H25FN4O3/c1-3-27-22(30)20(19(29)15-26(2)13-17-9-11-18(24)12-10-17)21(25)28(23(27)31)14-16-7-5-4-6-8-16/h4-12H,3,13-15,25H2,1-2H3/p+1. The number of likely N-dealkylation sites (N-methyl/N-ethyl adjacent to an activating group) is 1. The first-order valence-corrected chi connectivity index (χ1v) is 10.1. The van der Waals surface area contributed by atoms with Gasteiger partial charge in [-0.3, -0.25) is 18.7 Å². The predicted molar refractivity (Wildman–Crippen MR) is 117 cm³/mol. The first kappa shape index (κ1) is 22.2. The second-order valence-electron chi connectivity index (χ2n) is 7.52. The van der Waals surface area contributed by atoms with E-state index in [1.54, 1.807) is 26.1 Å². The van der Waals surface area contributed by atoms with Crippen molar-refractivity contribution in [2.45, 2.75) is 26.6 Å². The molecule has 0 spiro atoms. The quantitative estimate of drug-likeness (QED) is 0.520. The van der Waals surface area contributed by atoms with Crippen LogP contribution in [0, 0.1) is 5.82 Å². The smallest absolute Gasteiger partial charge is 0.332 e. The van der Waals surface area contributed by atoms with Crippen molar-refractivity contribution in [1.82, 2.24) is 9.13 Å². The lowest BCUT2D eigenvalue weighted by Crippen LogP contribution is -3.08. The third kappa shape index (κ3) is 4.97. The third-order valence-electron chi connectivity index (χ3n) is 5.13. The third-order valence-corrected chi connectivity index (χ3v) is 5.13. The Morgan fingerprint density at radius 1 is 1.00 bits per heavy atom. The van der Waals surface area contributed by atoms with Crippen molar-refractivity contribution in [2.75, 3.05) is 19.3 Å². The average molecular weight is 425 g/mol. The number of hydrogen-bond acceptors (Lipinski definition) is 4. The highest BCUT2D eigenvalue weighted by Crippen LogP contribution is 2.09. The summed E-state index contributed by atoms with van der Waals surface area (Å²) in [5.74, 6) is -0.889. The van der Waals surface area contributed by atoms with E-state index >= 15 is 0 Å². The van der Waals surface area contributed by atoms with E-state index in [4.69, 9.17) is 5.73 Å². The van der Waals surface area contributed by atoms with E-state index in [2.05, 4.69) is 0 Å². The summed E-state index contributed by atoms with van der Waals surface area (Å²) in [5.41, 5.74) is 6.48. The highest BCUT2D eigenvalue weighted by molar-refractivity contribution is 6.00. The summed E-state index contributed by atoms with van der Waals surface area (Å²) >= 11 is 0. The summed E-state index contributed by atoms with van der Waals surface area (Å²) in [4.78, 5) is 39.5. The SMILES string of the molecule is CCn1c(=O)c(C(=O)C[NH+](C)Cc2ccc(F)cc2)c(N)n(Cc2ccccc2)c1=O. The normalized spacial score (nSPS) is 12.0. The molecule has 0 aliphatic rings. The minimum Gasteiger partial charge on any atom is -0.384 e. The van der Waals surface area contributed by atoms with Crippen molar-refractivity contribution in [3.63, 3.8) is 0 Å².